The SMILES string of the molecule is Cc1nnc2n1-c1ccccc1C(c1ccc(N)cc1)=NN2Cc1ccc([N+](=O)[O-])cc1.Cl. The summed E-state index contributed by atoms with van der Waals surface area (Å²) in [6.45, 7) is 2.26. The predicted octanol–water partition coefficient (Wildman–Crippen LogP) is 4.26. The van der Waals surface area contributed by atoms with Crippen LogP contribution in [0.1, 0.15) is 22.5 Å². The van der Waals surface area contributed by atoms with Crippen LogP contribution >= 0.6 is 12.4 Å². The molecule has 1 aliphatic rings. The minimum Gasteiger partial charge on any atom is -0.399 e. The second-order valence-electron chi connectivity index (χ2n) is 7.45. The number of nitrogens with two attached hydrogens (primary N) is 1. The lowest BCUT2D eigenvalue weighted by molar-refractivity contribution is -0.384. The topological polar surface area (TPSA) is 115 Å². The first-order valence-electron chi connectivity index (χ1n) is 9.98. The number of hydrazone groups is 1. The molecule has 0 spiro atoms. The van der Waals surface area contributed by atoms with Gasteiger partial charge in [0.1, 0.15) is 11.5 Å². The number of non-ortho nitro benzene ring substituents is 1. The van der Waals surface area contributed by atoms with Crippen LogP contribution in [0.4, 0.5) is 17.3 Å². The quantitative estimate of drug-likeness (QED) is 0.276. The molecule has 5 rings (SSSR count). The first-order chi connectivity index (χ1) is 15.5. The number of anilines is 2. The van der Waals surface area contributed by atoms with E-state index in [9.17, 15) is 10.1 Å². The number of benzene rings is 3. The number of para-hydroxylation sites is 1. The van der Waals surface area contributed by atoms with Gasteiger partial charge in [-0.2, -0.15) is 5.10 Å². The maximum Gasteiger partial charge on any atom is 0.269 e. The summed E-state index contributed by atoms with van der Waals surface area (Å²) in [5.74, 6) is 1.30. The minimum atomic E-state index is -0.413. The average Bonchev–Trinajstić information content (AvgIpc) is 3.12. The fourth-order valence-corrected chi connectivity index (χ4v) is 3.74. The highest BCUT2D eigenvalue weighted by atomic mass is 35.5. The van der Waals surface area contributed by atoms with Crippen LogP contribution in [0.5, 0.6) is 0 Å². The average molecular weight is 462 g/mol. The number of rotatable bonds is 4. The van der Waals surface area contributed by atoms with E-state index in [1.165, 1.54) is 12.1 Å². The standard InChI is InChI=1S/C23H19N7O2.ClH/c1-15-25-26-23-28(14-16-6-12-19(13-7-16)30(31)32)27-22(17-8-10-18(24)11-9-17)20-4-2-3-5-21(20)29(15)23;/h2-13H,14,24H2,1H3;1H. The molecule has 2 heterocycles. The number of fused-ring (bicyclic) bond motifs is 3. The number of hydrogen-bond acceptors (Lipinski definition) is 7. The second-order valence-corrected chi connectivity index (χ2v) is 7.45. The number of nitro benzene ring substituents is 1. The lowest BCUT2D eigenvalue weighted by atomic mass is 10.0. The summed E-state index contributed by atoms with van der Waals surface area (Å²) in [6.07, 6.45) is 0. The molecule has 0 radical (unpaired) electrons. The number of nitro groups is 1. The maximum atomic E-state index is 11.0. The molecule has 2 N–H and O–H groups in total. The van der Waals surface area contributed by atoms with E-state index in [0.29, 0.717) is 18.2 Å². The third kappa shape index (κ3) is 4.01. The zero-order chi connectivity index (χ0) is 22.2. The van der Waals surface area contributed by atoms with Crippen LogP contribution < -0.4 is 10.7 Å². The summed E-state index contributed by atoms with van der Waals surface area (Å²) in [5, 5.41) is 26.4. The van der Waals surface area contributed by atoms with Crippen molar-refractivity contribution in [2.75, 3.05) is 10.7 Å². The fourth-order valence-electron chi connectivity index (χ4n) is 3.74. The van der Waals surface area contributed by atoms with Crippen LogP contribution in [-0.2, 0) is 6.54 Å². The Morgan fingerprint density at radius 1 is 0.970 bits per heavy atom. The summed E-state index contributed by atoms with van der Waals surface area (Å²) >= 11 is 0. The minimum absolute atomic E-state index is 0. The van der Waals surface area contributed by atoms with Crippen LogP contribution in [0.25, 0.3) is 5.69 Å². The van der Waals surface area contributed by atoms with Crippen LogP contribution in [0.2, 0.25) is 0 Å². The highest BCUT2D eigenvalue weighted by Gasteiger charge is 2.26. The van der Waals surface area contributed by atoms with E-state index < -0.39 is 4.92 Å². The second kappa shape index (κ2) is 8.71. The zero-order valence-corrected chi connectivity index (χ0v) is 18.4. The van der Waals surface area contributed by atoms with Crippen LogP contribution in [-0.4, -0.2) is 25.4 Å². The molecule has 4 aromatic rings. The Hall–Kier alpha value is -4.24. The van der Waals surface area contributed by atoms with E-state index in [2.05, 4.69) is 10.2 Å². The molecule has 9 nitrogen and oxygen atoms in total. The number of nitrogens with zero attached hydrogens (tertiary/aromatic N) is 6. The Bertz CT molecular complexity index is 1350. The van der Waals surface area contributed by atoms with Crippen molar-refractivity contribution in [3.05, 3.63) is 105 Å². The highest BCUT2D eigenvalue weighted by molar-refractivity contribution is 6.15. The summed E-state index contributed by atoms with van der Waals surface area (Å²) < 4.78 is 1.97. The third-order valence-electron chi connectivity index (χ3n) is 5.32. The van der Waals surface area contributed by atoms with Gasteiger partial charge in [0.25, 0.3) is 11.6 Å². The molecule has 0 aliphatic carbocycles. The lowest BCUT2D eigenvalue weighted by Gasteiger charge is -2.18. The summed E-state index contributed by atoms with van der Waals surface area (Å²) in [6, 6.07) is 22.0. The molecule has 0 fully saturated rings. The van der Waals surface area contributed by atoms with Gasteiger partial charge >= 0.3 is 0 Å². The molecule has 1 aliphatic heterocycles. The van der Waals surface area contributed by atoms with Gasteiger partial charge in [-0.3, -0.25) is 14.7 Å². The van der Waals surface area contributed by atoms with E-state index in [0.717, 1.165) is 33.9 Å². The van der Waals surface area contributed by atoms with Crippen molar-refractivity contribution in [1.29, 1.82) is 0 Å². The van der Waals surface area contributed by atoms with Gasteiger partial charge in [0.05, 0.1) is 17.2 Å². The maximum absolute atomic E-state index is 11.0. The number of nitrogen functional groups attached to an aromatic ring is 1. The van der Waals surface area contributed by atoms with Gasteiger partial charge in [0.15, 0.2) is 0 Å². The van der Waals surface area contributed by atoms with Crippen LogP contribution in [0.3, 0.4) is 0 Å². The van der Waals surface area contributed by atoms with E-state index in [1.54, 1.807) is 17.1 Å². The van der Waals surface area contributed by atoms with Gasteiger partial charge in [-0.05, 0) is 30.7 Å². The molecule has 10 heteroatoms. The molecular formula is C23H20ClN7O2. The normalized spacial score (nSPS) is 12.2. The van der Waals surface area contributed by atoms with Gasteiger partial charge in [-0.25, -0.2) is 5.01 Å². The predicted molar refractivity (Wildman–Crippen MR) is 129 cm³/mol. The summed E-state index contributed by atoms with van der Waals surface area (Å²) in [5.41, 5.74) is 11.0. The molecule has 0 bridgehead atoms. The van der Waals surface area contributed by atoms with E-state index in [1.807, 2.05) is 60.0 Å². The van der Waals surface area contributed by atoms with E-state index >= 15 is 0 Å². The zero-order valence-electron chi connectivity index (χ0n) is 17.6. The third-order valence-corrected chi connectivity index (χ3v) is 5.32. The Balaban J connectivity index is 0.00000259. The number of hydrogen-bond donors (Lipinski definition) is 1. The molecule has 166 valence electrons. The number of halogens is 1. The monoisotopic (exact) mass is 461 g/mol. The van der Waals surface area contributed by atoms with Crippen molar-refractivity contribution in [1.82, 2.24) is 14.8 Å². The Morgan fingerprint density at radius 3 is 2.36 bits per heavy atom. The molecule has 33 heavy (non-hydrogen) atoms. The van der Waals surface area contributed by atoms with Gasteiger partial charge in [-0.1, -0.05) is 42.5 Å². The molecular weight excluding hydrogens is 442 g/mol. The molecule has 0 atom stereocenters. The highest BCUT2D eigenvalue weighted by Crippen LogP contribution is 2.30. The number of aromatic nitrogens is 3. The fraction of sp³-hybridized carbons (Fsp3) is 0.0870. The molecule has 0 unspecified atom stereocenters. The Morgan fingerprint density at radius 2 is 1.67 bits per heavy atom. The van der Waals surface area contributed by atoms with Crippen molar-refractivity contribution in [2.24, 2.45) is 5.10 Å². The first-order valence-corrected chi connectivity index (χ1v) is 9.98. The van der Waals surface area contributed by atoms with Crippen molar-refractivity contribution in [3.63, 3.8) is 0 Å². The molecule has 1 aromatic heterocycles. The van der Waals surface area contributed by atoms with E-state index in [-0.39, 0.29) is 18.1 Å². The van der Waals surface area contributed by atoms with Crippen molar-refractivity contribution < 1.29 is 4.92 Å². The van der Waals surface area contributed by atoms with Crippen molar-refractivity contribution in [2.45, 2.75) is 13.5 Å². The summed E-state index contributed by atoms with van der Waals surface area (Å²) in [4.78, 5) is 10.6. The van der Waals surface area contributed by atoms with Crippen molar-refractivity contribution in [3.8, 4) is 5.69 Å². The lowest BCUT2D eigenvalue weighted by Crippen LogP contribution is -2.20. The first kappa shape index (κ1) is 22.0. The molecule has 0 amide bonds. The largest absolute Gasteiger partial charge is 0.399 e. The van der Waals surface area contributed by atoms with E-state index in [4.69, 9.17) is 10.8 Å². The Kier molecular flexibility index (Phi) is 5.80. The molecule has 0 saturated heterocycles. The van der Waals surface area contributed by atoms with Gasteiger partial charge in [-0.15, -0.1) is 22.6 Å². The summed E-state index contributed by atoms with van der Waals surface area (Å²) in [7, 11) is 0. The molecule has 0 saturated carbocycles. The van der Waals surface area contributed by atoms with Gasteiger partial charge in [0.2, 0.25) is 0 Å². The van der Waals surface area contributed by atoms with Gasteiger partial charge in [0, 0.05) is 28.9 Å². The smallest absolute Gasteiger partial charge is 0.269 e. The number of aryl methyl sites for hydroxylation is 1. The Labute approximate surface area is 195 Å². The van der Waals surface area contributed by atoms with Crippen LogP contribution in [0, 0.1) is 17.0 Å². The van der Waals surface area contributed by atoms with Crippen LogP contribution in [0.15, 0.2) is 77.9 Å². The molecule has 3 aromatic carbocycles. The van der Waals surface area contributed by atoms with Crippen molar-refractivity contribution >= 4 is 35.4 Å². The van der Waals surface area contributed by atoms with Gasteiger partial charge < -0.3 is 5.73 Å².